The van der Waals surface area contributed by atoms with Gasteiger partial charge in [-0.15, -0.1) is 0 Å². The minimum Gasteiger partial charge on any atom is -0.508 e. The first-order chi connectivity index (χ1) is 24.7. The summed E-state index contributed by atoms with van der Waals surface area (Å²) >= 11 is 0. The second-order valence-electron chi connectivity index (χ2n) is 13.1. The summed E-state index contributed by atoms with van der Waals surface area (Å²) in [6.07, 6.45) is 1.90. The minimum atomic E-state index is -1.57. The number of ether oxygens (including phenoxy) is 2. The van der Waals surface area contributed by atoms with E-state index < -0.39 is 46.5 Å². The van der Waals surface area contributed by atoms with Crippen LogP contribution in [0.3, 0.4) is 0 Å². The van der Waals surface area contributed by atoms with E-state index in [2.05, 4.69) is 5.43 Å². The predicted octanol–water partition coefficient (Wildman–Crippen LogP) is 4.45. The van der Waals surface area contributed by atoms with Crippen molar-refractivity contribution in [3.8, 4) is 22.9 Å². The molecule has 51 heavy (non-hydrogen) atoms. The molecular formula is C39H35N5O7. The van der Waals surface area contributed by atoms with Crippen LogP contribution in [0, 0.1) is 12.8 Å². The fourth-order valence-electron chi connectivity index (χ4n) is 8.33. The Kier molecular flexibility index (Phi) is 7.48. The molecule has 1 aromatic heterocycles. The highest BCUT2D eigenvalue weighted by Gasteiger charge is 2.69. The second kappa shape index (κ2) is 11.9. The number of aryl methyl sites for hydroxylation is 1. The number of hydrogen-bond donors (Lipinski definition) is 2. The molecule has 8 rings (SSSR count). The Hall–Kier alpha value is -6.30. The van der Waals surface area contributed by atoms with E-state index in [0.29, 0.717) is 28.1 Å². The number of hydrogen-bond acceptors (Lipinski definition) is 8. The molecule has 1 saturated heterocycles. The van der Waals surface area contributed by atoms with Crippen LogP contribution in [0.2, 0.25) is 0 Å². The molecule has 3 aliphatic rings. The number of amides is 2. The van der Waals surface area contributed by atoms with E-state index in [4.69, 9.17) is 9.47 Å². The Bertz CT molecular complexity index is 2320. The van der Waals surface area contributed by atoms with E-state index >= 15 is 4.79 Å². The SMILES string of the molecule is COc1cc(O)cc(OC)c1[C@H]1C2=CCn3c(=O)n(-c4ccccc4)c(=O)n3[C@@H]2C[C@H]2C(=O)N(Nc3ccc(C)cc3)C(=O)[C@@]12c1ccccc1. The maximum absolute atomic E-state index is 15.4. The summed E-state index contributed by atoms with van der Waals surface area (Å²) in [5.41, 5.74) is 4.05. The lowest BCUT2D eigenvalue weighted by atomic mass is 9.53. The van der Waals surface area contributed by atoms with Gasteiger partial charge in [-0.1, -0.05) is 72.3 Å². The Morgan fingerprint density at radius 1 is 0.824 bits per heavy atom. The minimum absolute atomic E-state index is 0.0297. The summed E-state index contributed by atoms with van der Waals surface area (Å²) < 4.78 is 15.7. The van der Waals surface area contributed by atoms with Crippen molar-refractivity contribution in [3.63, 3.8) is 0 Å². The number of hydrazine groups is 1. The highest BCUT2D eigenvalue weighted by Crippen LogP contribution is 2.64. The van der Waals surface area contributed by atoms with E-state index in [1.54, 1.807) is 42.5 Å². The Labute approximate surface area is 292 Å². The van der Waals surface area contributed by atoms with Gasteiger partial charge in [0.2, 0.25) is 0 Å². The van der Waals surface area contributed by atoms with Gasteiger partial charge in [-0.3, -0.25) is 15.0 Å². The van der Waals surface area contributed by atoms with Crippen LogP contribution in [-0.4, -0.2) is 50.1 Å². The number of methoxy groups -OCH3 is 2. The number of allylic oxidation sites excluding steroid dienone is 2. The fourth-order valence-corrected chi connectivity index (χ4v) is 8.33. The number of imide groups is 1. The number of nitrogens with zero attached hydrogens (tertiary/aromatic N) is 4. The average molecular weight is 686 g/mol. The van der Waals surface area contributed by atoms with Gasteiger partial charge < -0.3 is 14.6 Å². The van der Waals surface area contributed by atoms with E-state index in [1.807, 2.05) is 55.5 Å². The van der Waals surface area contributed by atoms with Crippen molar-refractivity contribution in [3.05, 3.63) is 146 Å². The van der Waals surface area contributed by atoms with Crippen molar-refractivity contribution in [1.82, 2.24) is 18.9 Å². The van der Waals surface area contributed by atoms with E-state index in [-0.39, 0.29) is 30.2 Å². The van der Waals surface area contributed by atoms with Crippen LogP contribution in [0.1, 0.15) is 35.1 Å². The van der Waals surface area contributed by atoms with Gasteiger partial charge in [0.25, 0.3) is 11.8 Å². The summed E-state index contributed by atoms with van der Waals surface area (Å²) in [7, 11) is 2.91. The molecule has 0 spiro atoms. The van der Waals surface area contributed by atoms with Crippen molar-refractivity contribution in [2.24, 2.45) is 5.92 Å². The lowest BCUT2D eigenvalue weighted by molar-refractivity contribution is -0.138. The highest BCUT2D eigenvalue weighted by atomic mass is 16.5. The first kappa shape index (κ1) is 31.9. The largest absolute Gasteiger partial charge is 0.508 e. The van der Waals surface area contributed by atoms with Gasteiger partial charge in [-0.05, 0) is 48.7 Å². The topological polar surface area (TPSA) is 137 Å². The average Bonchev–Trinajstić information content (AvgIpc) is 3.53. The van der Waals surface area contributed by atoms with Crippen LogP contribution >= 0.6 is 0 Å². The zero-order valence-corrected chi connectivity index (χ0v) is 28.1. The van der Waals surface area contributed by atoms with Crippen LogP contribution in [-0.2, 0) is 21.5 Å². The molecule has 0 unspecified atom stereocenters. The fraction of sp³-hybridized carbons (Fsp3) is 0.231. The lowest BCUT2D eigenvalue weighted by Crippen LogP contribution is -2.53. The zero-order valence-electron chi connectivity index (χ0n) is 28.1. The summed E-state index contributed by atoms with van der Waals surface area (Å²) in [4.78, 5) is 58.5. The first-order valence-corrected chi connectivity index (χ1v) is 16.6. The molecular weight excluding hydrogens is 650 g/mol. The van der Waals surface area contributed by atoms with Crippen molar-refractivity contribution in [2.75, 3.05) is 19.6 Å². The monoisotopic (exact) mass is 685 g/mol. The number of phenols is 1. The van der Waals surface area contributed by atoms with Crippen LogP contribution in [0.5, 0.6) is 17.2 Å². The maximum atomic E-state index is 15.4. The van der Waals surface area contributed by atoms with Gasteiger partial charge in [0.15, 0.2) is 0 Å². The number of fused-ring (bicyclic) bond motifs is 4. The molecule has 5 aromatic rings. The quantitative estimate of drug-likeness (QED) is 0.190. The van der Waals surface area contributed by atoms with E-state index in [9.17, 15) is 19.5 Å². The third kappa shape index (κ3) is 4.59. The standard InChI is InChI=1S/C39H35N5O7/c1-23-14-16-25(17-15-23)40-43-35(46)29-22-30-28(18-19-41-37(48)42(38(49)44(30)41)26-12-8-5-9-13-26)34(33-31(50-2)20-27(45)21-32(33)51-3)39(29,36(43)47)24-10-6-4-7-11-24/h4-18,20-21,29-30,34,40,45H,19,22H2,1-3H3/t29-,30+,34+,39+/m0/s1. The summed E-state index contributed by atoms with van der Waals surface area (Å²) in [5.74, 6) is -2.61. The molecule has 0 bridgehead atoms. The van der Waals surface area contributed by atoms with Gasteiger partial charge >= 0.3 is 11.4 Å². The van der Waals surface area contributed by atoms with Gasteiger partial charge in [-0.2, -0.15) is 5.01 Å². The number of carbonyl (C=O) groups is 2. The van der Waals surface area contributed by atoms with Crippen LogP contribution in [0.15, 0.2) is 118 Å². The number of benzene rings is 4. The van der Waals surface area contributed by atoms with Crippen molar-refractivity contribution < 1.29 is 24.2 Å². The smallest absolute Gasteiger partial charge is 0.352 e. The molecule has 4 atom stereocenters. The lowest BCUT2D eigenvalue weighted by Gasteiger charge is -2.49. The molecule has 2 N–H and O–H groups in total. The molecule has 12 heteroatoms. The van der Waals surface area contributed by atoms with Crippen molar-refractivity contribution in [1.29, 1.82) is 0 Å². The third-order valence-corrected chi connectivity index (χ3v) is 10.5. The molecule has 0 radical (unpaired) electrons. The van der Waals surface area contributed by atoms with Gasteiger partial charge in [0.1, 0.15) is 17.2 Å². The van der Waals surface area contributed by atoms with Crippen LogP contribution < -0.4 is 26.3 Å². The molecule has 2 aliphatic heterocycles. The molecule has 2 fully saturated rings. The molecule has 12 nitrogen and oxygen atoms in total. The highest BCUT2D eigenvalue weighted by molar-refractivity contribution is 6.13. The Balaban J connectivity index is 1.42. The first-order valence-electron chi connectivity index (χ1n) is 16.6. The number of aromatic nitrogens is 3. The number of phenolic OH excluding ortho intramolecular Hbond substituents is 1. The number of para-hydroxylation sites is 1. The maximum Gasteiger partial charge on any atom is 0.352 e. The number of carbonyl (C=O) groups excluding carboxylic acids is 2. The predicted molar refractivity (Wildman–Crippen MR) is 188 cm³/mol. The summed E-state index contributed by atoms with van der Waals surface area (Å²) in [6.45, 7) is 1.97. The second-order valence-corrected chi connectivity index (χ2v) is 13.1. The molecule has 1 aliphatic carbocycles. The molecule has 2 amide bonds. The number of nitrogens with one attached hydrogen (secondary N) is 1. The van der Waals surface area contributed by atoms with Crippen LogP contribution in [0.4, 0.5) is 5.69 Å². The Morgan fingerprint density at radius 2 is 1.45 bits per heavy atom. The number of aromatic hydroxyl groups is 1. The summed E-state index contributed by atoms with van der Waals surface area (Å²) in [6, 6.07) is 27.2. The van der Waals surface area contributed by atoms with Gasteiger partial charge in [-0.25, -0.2) is 23.5 Å². The van der Waals surface area contributed by atoms with Gasteiger partial charge in [0, 0.05) is 23.6 Å². The van der Waals surface area contributed by atoms with Crippen molar-refractivity contribution in [2.45, 2.75) is 37.3 Å². The third-order valence-electron chi connectivity index (χ3n) is 10.5. The molecule has 3 heterocycles. The van der Waals surface area contributed by atoms with Crippen LogP contribution in [0.25, 0.3) is 5.69 Å². The molecule has 258 valence electrons. The van der Waals surface area contributed by atoms with Gasteiger partial charge in [0.05, 0.1) is 49.5 Å². The summed E-state index contributed by atoms with van der Waals surface area (Å²) in [5, 5.41) is 11.8. The molecule has 4 aromatic carbocycles. The number of anilines is 1. The normalized spacial score (nSPS) is 22.1. The zero-order chi connectivity index (χ0) is 35.6. The molecule has 1 saturated carbocycles. The Morgan fingerprint density at radius 3 is 2.08 bits per heavy atom. The van der Waals surface area contributed by atoms with E-state index in [1.165, 1.54) is 35.7 Å². The number of rotatable bonds is 7. The van der Waals surface area contributed by atoms with E-state index in [0.717, 1.165) is 15.1 Å². The van der Waals surface area contributed by atoms with Crippen molar-refractivity contribution >= 4 is 17.5 Å².